The van der Waals surface area contributed by atoms with E-state index in [1.807, 2.05) is 45.1 Å². The number of hydrogen-bond donors (Lipinski definition) is 1. The predicted molar refractivity (Wildman–Crippen MR) is 138 cm³/mol. The summed E-state index contributed by atoms with van der Waals surface area (Å²) in [5.74, 6) is -2.76. The minimum absolute atomic E-state index is 0. The highest BCUT2D eigenvalue weighted by Gasteiger charge is 2.34. The van der Waals surface area contributed by atoms with Crippen molar-refractivity contribution in [1.29, 1.82) is 0 Å². The molecule has 188 valence electrons. The smallest absolute Gasteiger partial charge is 0.286 e. The van der Waals surface area contributed by atoms with E-state index >= 15 is 0 Å². The first kappa shape index (κ1) is 26.6. The minimum Gasteiger partial charge on any atom is -0.361 e. The maximum atomic E-state index is 13.3. The average Bonchev–Trinajstić information content (AvgIpc) is 3.20. The van der Waals surface area contributed by atoms with Crippen molar-refractivity contribution >= 4 is 30.8 Å². The van der Waals surface area contributed by atoms with Crippen molar-refractivity contribution in [1.82, 2.24) is 19.7 Å². The number of anilines is 2. The molecule has 7 nitrogen and oxygen atoms in total. The molecule has 1 amide bonds. The quantitative estimate of drug-likeness (QED) is 0.517. The molecule has 3 aromatic heterocycles. The fourth-order valence-corrected chi connectivity index (χ4v) is 4.41. The number of nitrogens with zero attached hydrogens (tertiary/aromatic N) is 5. The van der Waals surface area contributed by atoms with Gasteiger partial charge in [0.2, 0.25) is 5.91 Å². The number of nitrogens with one attached hydrogen (secondary N) is 1. The van der Waals surface area contributed by atoms with E-state index in [0.29, 0.717) is 6.54 Å². The van der Waals surface area contributed by atoms with Gasteiger partial charge in [-0.05, 0) is 48.9 Å². The van der Waals surface area contributed by atoms with Gasteiger partial charge in [0.05, 0.1) is 29.8 Å². The maximum absolute atomic E-state index is 13.3. The second kappa shape index (κ2) is 10.3. The minimum atomic E-state index is -2.95. The number of aromatic nitrogens is 4. The molecule has 0 bridgehead atoms. The van der Waals surface area contributed by atoms with E-state index in [1.165, 1.54) is 12.3 Å². The fourth-order valence-electron chi connectivity index (χ4n) is 4.41. The molecule has 0 spiro atoms. The van der Waals surface area contributed by atoms with Gasteiger partial charge in [0.25, 0.3) is 5.92 Å². The highest BCUT2D eigenvalue weighted by Crippen LogP contribution is 2.35. The van der Waals surface area contributed by atoms with Crippen LogP contribution in [0.5, 0.6) is 0 Å². The Bertz CT molecular complexity index is 1190. The van der Waals surface area contributed by atoms with Crippen molar-refractivity contribution in [2.45, 2.75) is 59.0 Å². The lowest BCUT2D eigenvalue weighted by Crippen LogP contribution is -2.49. The van der Waals surface area contributed by atoms with Gasteiger partial charge >= 0.3 is 0 Å². The number of halogens is 2. The van der Waals surface area contributed by atoms with Crippen LogP contribution in [0.15, 0.2) is 36.8 Å². The molecule has 0 aliphatic carbocycles. The summed E-state index contributed by atoms with van der Waals surface area (Å²) in [5, 5.41) is 7.42. The highest BCUT2D eigenvalue weighted by molar-refractivity contribution is 7.59. The van der Waals surface area contributed by atoms with Crippen LogP contribution in [0.3, 0.4) is 0 Å². The Balaban J connectivity index is 0.00000342. The monoisotopic (exact) mass is 502 g/mol. The van der Waals surface area contributed by atoms with Crippen LogP contribution in [-0.4, -0.2) is 38.7 Å². The lowest BCUT2D eigenvalue weighted by molar-refractivity contribution is -0.118. The first-order chi connectivity index (χ1) is 16.0. The second-order valence-corrected chi connectivity index (χ2v) is 9.37. The third kappa shape index (κ3) is 5.80. The number of aryl methyl sites for hydroxylation is 3. The Hall–Kier alpha value is -3.01. The van der Waals surface area contributed by atoms with Crippen LogP contribution in [0.1, 0.15) is 49.0 Å². The highest BCUT2D eigenvalue weighted by atomic mass is 32.1. The molecule has 0 fully saturated rings. The van der Waals surface area contributed by atoms with Gasteiger partial charge in [-0.25, -0.2) is 0 Å². The molecule has 0 radical (unpaired) electrons. The zero-order chi connectivity index (χ0) is 24.6. The van der Waals surface area contributed by atoms with E-state index in [0.717, 1.165) is 53.7 Å². The van der Waals surface area contributed by atoms with Crippen LogP contribution in [-0.2, 0) is 30.1 Å². The van der Waals surface area contributed by atoms with Gasteiger partial charge in [-0.15, -0.1) is 0 Å². The van der Waals surface area contributed by atoms with Crippen LogP contribution in [0.4, 0.5) is 20.2 Å². The topological polar surface area (TPSA) is 75.9 Å². The predicted octanol–water partition coefficient (Wildman–Crippen LogP) is 4.45. The molecule has 1 atom stereocenters. The normalized spacial score (nSPS) is 15.6. The third-order valence-corrected chi connectivity index (χ3v) is 6.15. The van der Waals surface area contributed by atoms with E-state index in [1.54, 1.807) is 10.7 Å². The zero-order valence-electron chi connectivity index (χ0n) is 20.6. The van der Waals surface area contributed by atoms with E-state index < -0.39 is 5.92 Å². The molecule has 3 aromatic rings. The lowest BCUT2D eigenvalue weighted by Gasteiger charge is -2.38. The summed E-state index contributed by atoms with van der Waals surface area (Å²) in [5.41, 5.74) is 5.15. The van der Waals surface area contributed by atoms with Crippen LogP contribution in [0.25, 0.3) is 0 Å². The maximum Gasteiger partial charge on any atom is 0.286 e. The molecular weight excluding hydrogens is 470 g/mol. The van der Waals surface area contributed by atoms with E-state index in [-0.39, 0.29) is 37.1 Å². The Kier molecular flexibility index (Phi) is 7.83. The average molecular weight is 503 g/mol. The van der Waals surface area contributed by atoms with Crippen molar-refractivity contribution in [2.75, 3.05) is 17.3 Å². The summed E-state index contributed by atoms with van der Waals surface area (Å²) in [6.07, 6.45) is 6.72. The third-order valence-electron chi connectivity index (χ3n) is 6.15. The number of fused-ring (bicyclic) bond motifs is 1. The summed E-state index contributed by atoms with van der Waals surface area (Å²) >= 11 is 0. The number of likely N-dealkylation sites (N-methyl/N-ethyl adjacent to an activating group) is 1. The molecule has 1 N–H and O–H groups in total. The Morgan fingerprint density at radius 3 is 2.54 bits per heavy atom. The van der Waals surface area contributed by atoms with Gasteiger partial charge in [-0.3, -0.25) is 19.4 Å². The molecule has 10 heteroatoms. The summed E-state index contributed by atoms with van der Waals surface area (Å²) < 4.78 is 28.5. The van der Waals surface area contributed by atoms with Crippen molar-refractivity contribution in [3.63, 3.8) is 0 Å². The van der Waals surface area contributed by atoms with Crippen molar-refractivity contribution in [3.8, 4) is 0 Å². The number of rotatable bonds is 7. The summed E-state index contributed by atoms with van der Waals surface area (Å²) in [4.78, 5) is 23.1. The van der Waals surface area contributed by atoms with E-state index in [9.17, 15) is 13.6 Å². The Morgan fingerprint density at radius 1 is 1.17 bits per heavy atom. The number of carbonyl (C=O) groups excluding carboxylic acids is 1. The first-order valence-electron chi connectivity index (χ1n) is 11.4. The summed E-state index contributed by atoms with van der Waals surface area (Å²) in [7, 11) is 1.96. The fraction of sp³-hybridized carbons (Fsp3) is 0.440. The van der Waals surface area contributed by atoms with Crippen molar-refractivity contribution in [2.24, 2.45) is 5.92 Å². The SMILES string of the molecule is Cc1nc(CCc2cnn(Cc3ccc(C(C)(F)F)nc3)c2)cc2c1NC(=O)[C@H](C(C)C)N2C.S. The molecule has 1 aliphatic rings. The van der Waals surface area contributed by atoms with Crippen LogP contribution < -0.4 is 10.2 Å². The number of pyridine rings is 2. The molecular formula is C25H32F2N6OS. The first-order valence-corrected chi connectivity index (χ1v) is 11.4. The van der Waals surface area contributed by atoms with Crippen LogP contribution >= 0.6 is 13.5 Å². The number of amides is 1. The van der Waals surface area contributed by atoms with Gasteiger partial charge in [0.1, 0.15) is 11.7 Å². The molecule has 0 aromatic carbocycles. The summed E-state index contributed by atoms with van der Waals surface area (Å²) in [6, 6.07) is 4.85. The van der Waals surface area contributed by atoms with Crippen LogP contribution in [0.2, 0.25) is 0 Å². The van der Waals surface area contributed by atoms with E-state index in [2.05, 4.69) is 21.5 Å². The van der Waals surface area contributed by atoms with Gasteiger partial charge < -0.3 is 10.2 Å². The lowest BCUT2D eigenvalue weighted by atomic mass is 9.97. The largest absolute Gasteiger partial charge is 0.361 e. The van der Waals surface area contributed by atoms with E-state index in [4.69, 9.17) is 4.98 Å². The molecule has 0 unspecified atom stereocenters. The van der Waals surface area contributed by atoms with Gasteiger partial charge in [0, 0.05) is 32.1 Å². The molecule has 4 rings (SSSR count). The van der Waals surface area contributed by atoms with Crippen LogP contribution in [0, 0.1) is 12.8 Å². The standard InChI is InChI=1S/C25H30F2N6O.H2S/c1-15(2)23-24(34)31-22-16(3)30-19(10-20(22)32(23)5)8-6-18-12-29-33(14-18)13-17-7-9-21(28-11-17)25(4,26)27;/h7,9-12,14-15,23H,6,8,13H2,1-5H3,(H,31,34);1H2/t23-;/m0./s1. The Labute approximate surface area is 211 Å². The number of hydrogen-bond acceptors (Lipinski definition) is 5. The molecule has 0 saturated heterocycles. The molecule has 0 saturated carbocycles. The second-order valence-electron chi connectivity index (χ2n) is 9.37. The van der Waals surface area contributed by atoms with Crippen molar-refractivity contribution < 1.29 is 13.6 Å². The summed E-state index contributed by atoms with van der Waals surface area (Å²) in [6.45, 7) is 7.30. The Morgan fingerprint density at radius 2 is 1.91 bits per heavy atom. The van der Waals surface area contributed by atoms with Gasteiger partial charge in [-0.1, -0.05) is 19.9 Å². The molecule has 35 heavy (non-hydrogen) atoms. The molecule has 4 heterocycles. The molecule has 1 aliphatic heterocycles. The van der Waals surface area contributed by atoms with Gasteiger partial charge in [-0.2, -0.15) is 27.4 Å². The number of alkyl halides is 2. The van der Waals surface area contributed by atoms with Crippen molar-refractivity contribution in [3.05, 3.63) is 65.0 Å². The number of carbonyl (C=O) groups is 1. The zero-order valence-corrected chi connectivity index (χ0v) is 21.6. The van der Waals surface area contributed by atoms with Gasteiger partial charge in [0.15, 0.2) is 0 Å².